The lowest BCUT2D eigenvalue weighted by molar-refractivity contribution is 0.474. The van der Waals surface area contributed by atoms with Crippen molar-refractivity contribution in [2.24, 2.45) is 0 Å². The van der Waals surface area contributed by atoms with Gasteiger partial charge in [0.1, 0.15) is 5.75 Å². The zero-order valence-corrected chi connectivity index (χ0v) is 11.2. The number of phenols is 1. The number of halogens is 1. The van der Waals surface area contributed by atoms with Crippen LogP contribution in [0, 0.1) is 0 Å². The summed E-state index contributed by atoms with van der Waals surface area (Å²) in [5.41, 5.74) is 8.32. The van der Waals surface area contributed by atoms with Crippen molar-refractivity contribution in [1.82, 2.24) is 0 Å². The summed E-state index contributed by atoms with van der Waals surface area (Å²) in [6.45, 7) is 4.22. The van der Waals surface area contributed by atoms with Crippen LogP contribution >= 0.6 is 11.6 Å². The number of hydrogen-bond acceptors (Lipinski definition) is 2. The van der Waals surface area contributed by atoms with Crippen LogP contribution in [0.2, 0.25) is 5.02 Å². The Morgan fingerprint density at radius 1 is 1.00 bits per heavy atom. The van der Waals surface area contributed by atoms with Crippen LogP contribution < -0.4 is 5.73 Å². The Balaban J connectivity index is 2.46. The van der Waals surface area contributed by atoms with Crippen molar-refractivity contribution in [1.29, 1.82) is 0 Å². The van der Waals surface area contributed by atoms with Crippen LogP contribution in [0.25, 0.3) is 0 Å². The minimum atomic E-state index is -0.189. The molecule has 0 spiro atoms. The highest BCUT2D eigenvalue weighted by molar-refractivity contribution is 6.33. The van der Waals surface area contributed by atoms with Crippen molar-refractivity contribution in [3.8, 4) is 5.75 Å². The van der Waals surface area contributed by atoms with Gasteiger partial charge in [0.2, 0.25) is 0 Å². The third-order valence-electron chi connectivity index (χ3n) is 3.31. The highest BCUT2D eigenvalue weighted by Gasteiger charge is 2.23. The van der Waals surface area contributed by atoms with E-state index in [4.69, 9.17) is 17.3 Å². The average molecular weight is 262 g/mol. The maximum absolute atomic E-state index is 9.34. The molecule has 0 saturated carbocycles. The molecular formula is C15H16ClNO. The fourth-order valence-corrected chi connectivity index (χ4v) is 2.14. The van der Waals surface area contributed by atoms with Gasteiger partial charge in [0, 0.05) is 5.41 Å². The summed E-state index contributed by atoms with van der Waals surface area (Å²) in [5, 5.41) is 9.90. The van der Waals surface area contributed by atoms with Gasteiger partial charge < -0.3 is 10.8 Å². The summed E-state index contributed by atoms with van der Waals surface area (Å²) in [7, 11) is 0. The lowest BCUT2D eigenvalue weighted by Gasteiger charge is -2.26. The molecule has 2 rings (SSSR count). The molecule has 2 aromatic rings. The molecule has 0 unspecified atom stereocenters. The highest BCUT2D eigenvalue weighted by atomic mass is 35.5. The predicted molar refractivity (Wildman–Crippen MR) is 76.1 cm³/mol. The van der Waals surface area contributed by atoms with E-state index in [1.54, 1.807) is 12.1 Å². The van der Waals surface area contributed by atoms with Crippen molar-refractivity contribution >= 4 is 17.3 Å². The van der Waals surface area contributed by atoms with E-state index in [-0.39, 0.29) is 11.2 Å². The van der Waals surface area contributed by atoms with Crippen LogP contribution in [0.3, 0.4) is 0 Å². The molecule has 94 valence electrons. The molecule has 0 radical (unpaired) electrons. The van der Waals surface area contributed by atoms with Crippen LogP contribution in [0.4, 0.5) is 5.69 Å². The van der Waals surface area contributed by atoms with Crippen LogP contribution in [-0.4, -0.2) is 5.11 Å². The van der Waals surface area contributed by atoms with Crippen LogP contribution in [0.5, 0.6) is 5.75 Å². The van der Waals surface area contributed by atoms with E-state index in [1.165, 1.54) is 0 Å². The molecular weight excluding hydrogens is 246 g/mol. The predicted octanol–water partition coefficient (Wildman–Crippen LogP) is 3.95. The second-order valence-electron chi connectivity index (χ2n) is 4.91. The number of nitrogens with two attached hydrogens (primary N) is 1. The Bertz CT molecular complexity index is 561. The van der Waals surface area contributed by atoms with E-state index < -0.39 is 0 Å². The monoisotopic (exact) mass is 261 g/mol. The van der Waals surface area contributed by atoms with Gasteiger partial charge in [-0.25, -0.2) is 0 Å². The van der Waals surface area contributed by atoms with E-state index in [1.807, 2.05) is 30.3 Å². The van der Waals surface area contributed by atoms with E-state index in [0.29, 0.717) is 10.7 Å². The number of anilines is 1. The van der Waals surface area contributed by atoms with Crippen molar-refractivity contribution < 1.29 is 5.11 Å². The zero-order chi connectivity index (χ0) is 13.3. The Kier molecular flexibility index (Phi) is 3.22. The quantitative estimate of drug-likeness (QED) is 0.804. The van der Waals surface area contributed by atoms with Crippen LogP contribution in [0.1, 0.15) is 25.0 Å². The van der Waals surface area contributed by atoms with E-state index in [9.17, 15) is 5.11 Å². The van der Waals surface area contributed by atoms with Crippen molar-refractivity contribution in [3.63, 3.8) is 0 Å². The maximum Gasteiger partial charge on any atom is 0.115 e. The largest absolute Gasteiger partial charge is 0.508 e. The number of rotatable bonds is 2. The second-order valence-corrected chi connectivity index (χ2v) is 5.32. The molecule has 2 aromatic carbocycles. The van der Waals surface area contributed by atoms with Gasteiger partial charge in [-0.3, -0.25) is 0 Å². The minimum Gasteiger partial charge on any atom is -0.508 e. The number of phenolic OH excluding ortho intramolecular Hbond substituents is 1. The summed E-state index contributed by atoms with van der Waals surface area (Å²) >= 11 is 6.07. The highest BCUT2D eigenvalue weighted by Crippen LogP contribution is 2.34. The number of benzene rings is 2. The zero-order valence-electron chi connectivity index (χ0n) is 10.4. The summed E-state index contributed by atoms with van der Waals surface area (Å²) < 4.78 is 0. The van der Waals surface area contributed by atoms with Gasteiger partial charge in [-0.1, -0.05) is 43.6 Å². The first kappa shape index (κ1) is 12.8. The molecule has 2 nitrogen and oxygen atoms in total. The van der Waals surface area contributed by atoms with Gasteiger partial charge in [0.05, 0.1) is 10.7 Å². The Morgan fingerprint density at radius 3 is 2.11 bits per heavy atom. The third kappa shape index (κ3) is 2.29. The molecule has 18 heavy (non-hydrogen) atoms. The molecule has 0 aliphatic rings. The molecule has 0 aliphatic heterocycles. The molecule has 0 atom stereocenters. The smallest absolute Gasteiger partial charge is 0.115 e. The van der Waals surface area contributed by atoms with Crippen LogP contribution in [-0.2, 0) is 5.41 Å². The molecule has 3 heteroatoms. The standard InChI is InChI=1S/C15H16ClNO/c1-15(2,10-3-6-12(18)7-4-10)11-5-8-14(17)13(16)9-11/h3-9,18H,17H2,1-2H3. The molecule has 0 bridgehead atoms. The SMILES string of the molecule is CC(C)(c1ccc(O)cc1)c1ccc(N)c(Cl)c1. The first-order chi connectivity index (χ1) is 8.41. The Labute approximate surface area is 112 Å². The Hall–Kier alpha value is -1.67. The first-order valence-electron chi connectivity index (χ1n) is 5.76. The third-order valence-corrected chi connectivity index (χ3v) is 3.64. The minimum absolute atomic E-state index is 0.189. The van der Waals surface area contributed by atoms with Crippen molar-refractivity contribution in [2.45, 2.75) is 19.3 Å². The van der Waals surface area contributed by atoms with Gasteiger partial charge >= 0.3 is 0 Å². The lowest BCUT2D eigenvalue weighted by atomic mass is 9.78. The summed E-state index contributed by atoms with van der Waals surface area (Å²) in [6, 6.07) is 12.9. The lowest BCUT2D eigenvalue weighted by Crippen LogP contribution is -2.18. The Morgan fingerprint density at radius 2 is 1.56 bits per heavy atom. The molecule has 0 saturated heterocycles. The van der Waals surface area contributed by atoms with Gasteiger partial charge in [-0.05, 0) is 35.4 Å². The fourth-order valence-electron chi connectivity index (χ4n) is 1.96. The molecule has 0 aromatic heterocycles. The molecule has 0 amide bonds. The first-order valence-corrected chi connectivity index (χ1v) is 6.14. The number of nitrogen functional groups attached to an aromatic ring is 1. The normalized spacial score (nSPS) is 11.5. The van der Waals surface area contributed by atoms with Crippen molar-refractivity contribution in [2.75, 3.05) is 5.73 Å². The maximum atomic E-state index is 9.34. The van der Waals surface area contributed by atoms with Gasteiger partial charge in [-0.15, -0.1) is 0 Å². The van der Waals surface area contributed by atoms with Gasteiger partial charge in [-0.2, -0.15) is 0 Å². The second kappa shape index (κ2) is 4.54. The van der Waals surface area contributed by atoms with E-state index in [0.717, 1.165) is 11.1 Å². The van der Waals surface area contributed by atoms with E-state index in [2.05, 4.69) is 13.8 Å². The molecule has 0 fully saturated rings. The number of aromatic hydroxyl groups is 1. The van der Waals surface area contributed by atoms with Gasteiger partial charge in [0.15, 0.2) is 0 Å². The number of hydrogen-bond donors (Lipinski definition) is 2. The van der Waals surface area contributed by atoms with Gasteiger partial charge in [0.25, 0.3) is 0 Å². The molecule has 0 heterocycles. The molecule has 3 N–H and O–H groups in total. The summed E-state index contributed by atoms with van der Waals surface area (Å²) in [5.74, 6) is 0.268. The van der Waals surface area contributed by atoms with Crippen LogP contribution in [0.15, 0.2) is 42.5 Å². The topological polar surface area (TPSA) is 46.2 Å². The van der Waals surface area contributed by atoms with E-state index >= 15 is 0 Å². The summed E-state index contributed by atoms with van der Waals surface area (Å²) in [6.07, 6.45) is 0. The van der Waals surface area contributed by atoms with Crippen molar-refractivity contribution in [3.05, 3.63) is 58.6 Å². The summed E-state index contributed by atoms with van der Waals surface area (Å²) in [4.78, 5) is 0. The molecule has 0 aliphatic carbocycles. The fraction of sp³-hybridized carbons (Fsp3) is 0.200. The average Bonchev–Trinajstić information content (AvgIpc) is 2.33.